The van der Waals surface area contributed by atoms with Crippen LogP contribution in [-0.4, -0.2) is 47.4 Å². The zero-order valence-electron chi connectivity index (χ0n) is 25.2. The molecule has 45 heavy (non-hydrogen) atoms. The van der Waals surface area contributed by atoms with E-state index in [2.05, 4.69) is 16.0 Å². The molecule has 0 fully saturated rings. The molecule has 240 valence electrons. The van der Waals surface area contributed by atoms with E-state index in [1.165, 1.54) is 0 Å². The van der Waals surface area contributed by atoms with Crippen LogP contribution < -0.4 is 20.7 Å². The third kappa shape index (κ3) is 11.4. The normalized spacial score (nSPS) is 12.9. The summed E-state index contributed by atoms with van der Waals surface area (Å²) in [6, 6.07) is 18.3. The highest BCUT2D eigenvalue weighted by molar-refractivity contribution is 6.42. The van der Waals surface area contributed by atoms with Gasteiger partial charge in [-0.05, 0) is 54.2 Å². The predicted molar refractivity (Wildman–Crippen MR) is 171 cm³/mol. The molecule has 0 radical (unpaired) electrons. The van der Waals surface area contributed by atoms with E-state index >= 15 is 0 Å². The molecule has 2 unspecified atom stereocenters. The average molecular weight is 659 g/mol. The molecule has 3 aromatic carbocycles. The summed E-state index contributed by atoms with van der Waals surface area (Å²) in [6.07, 6.45) is -1.53. The first kappa shape index (κ1) is 35.4. The largest absolute Gasteiger partial charge is 0.457 e. The van der Waals surface area contributed by atoms with Crippen molar-refractivity contribution in [3.63, 3.8) is 0 Å². The van der Waals surface area contributed by atoms with Gasteiger partial charge in [-0.1, -0.05) is 86.4 Å². The van der Waals surface area contributed by atoms with Crippen LogP contribution in [0.25, 0.3) is 0 Å². The van der Waals surface area contributed by atoms with E-state index in [1.807, 2.05) is 32.0 Å². The number of halogens is 2. The smallest absolute Gasteiger partial charge is 0.408 e. The molecule has 0 saturated carbocycles. The topological polar surface area (TPSA) is 143 Å². The van der Waals surface area contributed by atoms with Crippen LogP contribution in [0.15, 0.2) is 72.8 Å². The van der Waals surface area contributed by atoms with E-state index in [0.29, 0.717) is 27.1 Å². The van der Waals surface area contributed by atoms with Gasteiger partial charge in [0.2, 0.25) is 11.7 Å². The Bertz CT molecular complexity index is 1470. The van der Waals surface area contributed by atoms with Gasteiger partial charge in [-0.2, -0.15) is 0 Å². The number of Topliss-reactive ketones (excluding diaryl/α,β-unsaturated/α-hetero) is 1. The zero-order chi connectivity index (χ0) is 32.9. The summed E-state index contributed by atoms with van der Waals surface area (Å²) in [5.41, 5.74) is 1.22. The molecule has 3 aromatic rings. The summed E-state index contributed by atoms with van der Waals surface area (Å²) in [5.74, 6) is -1.59. The fourth-order valence-corrected chi connectivity index (χ4v) is 4.54. The summed E-state index contributed by atoms with van der Waals surface area (Å²) < 4.78 is 11.0. The fraction of sp³-hybridized carbons (Fsp3) is 0.333. The minimum absolute atomic E-state index is 0.0271. The van der Waals surface area contributed by atoms with E-state index < -0.39 is 41.9 Å². The Hall–Kier alpha value is -4.12. The lowest BCUT2D eigenvalue weighted by Gasteiger charge is -2.23. The van der Waals surface area contributed by atoms with Crippen LogP contribution in [0.2, 0.25) is 10.0 Å². The van der Waals surface area contributed by atoms with Crippen LogP contribution >= 0.6 is 23.2 Å². The number of aliphatic hydroxyl groups excluding tert-OH is 1. The fourth-order valence-electron chi connectivity index (χ4n) is 4.25. The SMILES string of the molecule is CCC(NC(=O)[C@H](CC(C)C)NC(=O)OCc1ccccc1)C(=O)C(=O)NCC(O)c1cccc(Oc2ccc(Cl)c(Cl)c2)c1. The third-order valence-electron chi connectivity index (χ3n) is 6.62. The number of carbonyl (C=O) groups excluding carboxylic acids is 4. The Kier molecular flexibility index (Phi) is 13.7. The number of amides is 3. The molecule has 0 aromatic heterocycles. The van der Waals surface area contributed by atoms with Gasteiger partial charge in [-0.25, -0.2) is 4.79 Å². The summed E-state index contributed by atoms with van der Waals surface area (Å²) in [4.78, 5) is 51.2. The number of hydrogen-bond acceptors (Lipinski definition) is 7. The van der Waals surface area contributed by atoms with Crippen molar-refractivity contribution in [3.8, 4) is 11.5 Å². The standard InChI is InChI=1S/C33H37Cl2N3O7/c1-4-27(37-31(41)28(15-20(2)3)38-33(43)44-19-21-9-6-5-7-10-21)30(40)32(42)36-18-29(39)22-11-8-12-23(16-22)45-24-13-14-25(34)26(35)17-24/h5-14,16-17,20,27-29,39H,4,15,18-19H2,1-3H3,(H,36,42)(H,37,41)(H,38,43)/t27?,28-,29?/m0/s1. The maximum atomic E-state index is 13.1. The van der Waals surface area contributed by atoms with Gasteiger partial charge in [0, 0.05) is 12.6 Å². The van der Waals surface area contributed by atoms with Crippen molar-refractivity contribution < 1.29 is 33.8 Å². The lowest BCUT2D eigenvalue weighted by molar-refractivity contribution is -0.140. The van der Waals surface area contributed by atoms with Crippen molar-refractivity contribution in [3.05, 3.63) is 94.0 Å². The minimum Gasteiger partial charge on any atom is -0.457 e. The number of ketones is 1. The predicted octanol–water partition coefficient (Wildman–Crippen LogP) is 5.74. The number of aliphatic hydroxyl groups is 1. The molecule has 4 N–H and O–H groups in total. The van der Waals surface area contributed by atoms with Crippen molar-refractivity contribution >= 4 is 46.9 Å². The van der Waals surface area contributed by atoms with E-state index in [1.54, 1.807) is 61.5 Å². The molecular formula is C33H37Cl2N3O7. The molecule has 0 aliphatic heterocycles. The zero-order valence-corrected chi connectivity index (χ0v) is 26.7. The lowest BCUT2D eigenvalue weighted by Crippen LogP contribution is -2.54. The van der Waals surface area contributed by atoms with Crippen LogP contribution in [0.5, 0.6) is 11.5 Å². The summed E-state index contributed by atoms with van der Waals surface area (Å²) >= 11 is 12.0. The third-order valence-corrected chi connectivity index (χ3v) is 7.36. The minimum atomic E-state index is -1.16. The Morgan fingerprint density at radius 3 is 2.22 bits per heavy atom. The number of hydrogen-bond donors (Lipinski definition) is 4. The first-order valence-electron chi connectivity index (χ1n) is 14.5. The van der Waals surface area contributed by atoms with Gasteiger partial charge in [0.25, 0.3) is 5.91 Å². The molecule has 0 saturated heterocycles. The van der Waals surface area contributed by atoms with Gasteiger partial charge in [-0.3, -0.25) is 14.4 Å². The van der Waals surface area contributed by atoms with Crippen LogP contribution in [0.3, 0.4) is 0 Å². The number of carbonyl (C=O) groups is 4. The number of ether oxygens (including phenoxy) is 2. The van der Waals surface area contributed by atoms with Crippen molar-refractivity contribution in [1.29, 1.82) is 0 Å². The highest BCUT2D eigenvalue weighted by atomic mass is 35.5. The second-order valence-corrected chi connectivity index (χ2v) is 11.5. The molecule has 3 atom stereocenters. The second-order valence-electron chi connectivity index (χ2n) is 10.7. The van der Waals surface area contributed by atoms with E-state index in [-0.39, 0.29) is 31.9 Å². The van der Waals surface area contributed by atoms with E-state index in [4.69, 9.17) is 32.7 Å². The quantitative estimate of drug-likeness (QED) is 0.153. The van der Waals surface area contributed by atoms with E-state index in [9.17, 15) is 24.3 Å². The summed E-state index contributed by atoms with van der Waals surface area (Å²) in [6.45, 7) is 5.17. The molecule has 0 bridgehead atoms. The molecular weight excluding hydrogens is 621 g/mol. The molecule has 0 aliphatic rings. The van der Waals surface area contributed by atoms with Gasteiger partial charge in [0.05, 0.1) is 22.2 Å². The molecule has 10 nitrogen and oxygen atoms in total. The van der Waals surface area contributed by atoms with Crippen molar-refractivity contribution in [2.24, 2.45) is 5.92 Å². The van der Waals surface area contributed by atoms with Gasteiger partial charge >= 0.3 is 6.09 Å². The molecule has 12 heteroatoms. The van der Waals surface area contributed by atoms with Crippen LogP contribution in [0.4, 0.5) is 4.79 Å². The number of benzene rings is 3. The van der Waals surface area contributed by atoms with Gasteiger partial charge in [0.1, 0.15) is 24.1 Å². The second kappa shape index (κ2) is 17.4. The van der Waals surface area contributed by atoms with Crippen LogP contribution in [0, 0.1) is 5.92 Å². The first-order valence-corrected chi connectivity index (χ1v) is 15.2. The highest BCUT2D eigenvalue weighted by Crippen LogP contribution is 2.30. The highest BCUT2D eigenvalue weighted by Gasteiger charge is 2.30. The van der Waals surface area contributed by atoms with Gasteiger partial charge in [0.15, 0.2) is 0 Å². The van der Waals surface area contributed by atoms with Crippen LogP contribution in [-0.2, 0) is 25.7 Å². The molecule has 0 spiro atoms. The monoisotopic (exact) mass is 657 g/mol. The number of alkyl carbamates (subject to hydrolysis) is 1. The average Bonchev–Trinajstić information content (AvgIpc) is 3.02. The van der Waals surface area contributed by atoms with Crippen LogP contribution in [0.1, 0.15) is 50.8 Å². The Morgan fingerprint density at radius 1 is 0.844 bits per heavy atom. The number of nitrogens with one attached hydrogen (secondary N) is 3. The van der Waals surface area contributed by atoms with Crippen molar-refractivity contribution in [2.75, 3.05) is 6.54 Å². The van der Waals surface area contributed by atoms with E-state index in [0.717, 1.165) is 5.56 Å². The Labute approximate surface area is 272 Å². The molecule has 0 heterocycles. The Morgan fingerprint density at radius 2 is 1.56 bits per heavy atom. The van der Waals surface area contributed by atoms with Crippen molar-refractivity contribution in [1.82, 2.24) is 16.0 Å². The molecule has 0 aliphatic carbocycles. The lowest BCUT2D eigenvalue weighted by atomic mass is 10.0. The van der Waals surface area contributed by atoms with Gasteiger partial charge in [-0.15, -0.1) is 0 Å². The molecule has 3 rings (SSSR count). The summed E-state index contributed by atoms with van der Waals surface area (Å²) in [5, 5.41) is 18.9. The Balaban J connectivity index is 1.54. The number of rotatable bonds is 15. The maximum absolute atomic E-state index is 13.1. The van der Waals surface area contributed by atoms with Crippen molar-refractivity contribution in [2.45, 2.75) is 58.4 Å². The maximum Gasteiger partial charge on any atom is 0.408 e. The van der Waals surface area contributed by atoms with Gasteiger partial charge < -0.3 is 30.5 Å². The molecule has 3 amide bonds. The first-order chi connectivity index (χ1) is 21.5. The summed E-state index contributed by atoms with van der Waals surface area (Å²) in [7, 11) is 0.